The molecule has 6 heteroatoms. The number of hydrogen-bond donors (Lipinski definition) is 0. The second-order valence-electron chi connectivity index (χ2n) is 23.8. The minimum absolute atomic E-state index is 0.0718. The summed E-state index contributed by atoms with van der Waals surface area (Å²) in [6, 6.07) is 0. The van der Waals surface area contributed by atoms with Crippen LogP contribution in [0.4, 0.5) is 0 Å². The van der Waals surface area contributed by atoms with Crippen molar-refractivity contribution in [1.29, 1.82) is 0 Å². The summed E-state index contributed by atoms with van der Waals surface area (Å²) in [5.74, 6) is -0.867. The monoisotopic (exact) mass is 1120 g/mol. The van der Waals surface area contributed by atoms with E-state index >= 15 is 0 Å². The van der Waals surface area contributed by atoms with Crippen molar-refractivity contribution in [3.8, 4) is 0 Å². The Bertz CT molecular complexity index is 1430. The van der Waals surface area contributed by atoms with E-state index in [0.717, 1.165) is 83.5 Å². The first kappa shape index (κ1) is 77.1. The lowest BCUT2D eigenvalue weighted by atomic mass is 10.0. The standard InChI is InChI=1S/C74H134O6/c1-4-7-10-13-16-18-20-22-24-26-28-30-32-33-34-35-36-37-38-39-40-41-43-44-46-48-50-52-54-56-58-61-64-67-73(76)79-70-71(69-78-72(75)66-63-60-15-12-9-6-3)80-74(77)68-65-62-59-57-55-53-51-49-47-45-42-31-29-27-25-23-21-19-17-14-11-8-5-2/h8,11,17,19,23,25-26,28-29,31,71H,4-7,9-10,12-16,18,20-22,24,27,30,32-70H2,1-3H3/b11-8-,19-17-,25-23-,28-26-,31-29-. The number of hydrogen-bond acceptors (Lipinski definition) is 6. The molecular formula is C74H134O6. The van der Waals surface area contributed by atoms with Gasteiger partial charge in [0.2, 0.25) is 0 Å². The highest BCUT2D eigenvalue weighted by Crippen LogP contribution is 2.18. The molecule has 0 aliphatic carbocycles. The van der Waals surface area contributed by atoms with Crippen molar-refractivity contribution in [2.75, 3.05) is 13.2 Å². The molecule has 0 fully saturated rings. The quantitative estimate of drug-likeness (QED) is 0.0261. The van der Waals surface area contributed by atoms with Crippen LogP contribution < -0.4 is 0 Å². The maximum absolute atomic E-state index is 12.9. The third-order valence-electron chi connectivity index (χ3n) is 15.8. The molecule has 0 aliphatic heterocycles. The molecule has 0 saturated heterocycles. The van der Waals surface area contributed by atoms with Gasteiger partial charge < -0.3 is 14.2 Å². The van der Waals surface area contributed by atoms with Gasteiger partial charge in [-0.3, -0.25) is 14.4 Å². The van der Waals surface area contributed by atoms with Gasteiger partial charge >= 0.3 is 17.9 Å². The van der Waals surface area contributed by atoms with Gasteiger partial charge in [-0.1, -0.05) is 332 Å². The molecule has 0 N–H and O–H groups in total. The van der Waals surface area contributed by atoms with Gasteiger partial charge in [-0.05, 0) is 83.5 Å². The normalized spacial score (nSPS) is 12.4. The van der Waals surface area contributed by atoms with Crippen LogP contribution in [0, 0.1) is 0 Å². The van der Waals surface area contributed by atoms with Crippen LogP contribution in [-0.4, -0.2) is 37.2 Å². The second-order valence-corrected chi connectivity index (χ2v) is 23.8. The molecule has 466 valence electrons. The molecule has 0 rings (SSSR count). The summed E-state index contributed by atoms with van der Waals surface area (Å²) in [5, 5.41) is 0. The molecule has 1 atom stereocenters. The molecule has 0 aliphatic rings. The van der Waals surface area contributed by atoms with E-state index in [9.17, 15) is 14.4 Å². The van der Waals surface area contributed by atoms with Gasteiger partial charge in [0, 0.05) is 19.3 Å². The largest absolute Gasteiger partial charge is 0.462 e. The van der Waals surface area contributed by atoms with Crippen molar-refractivity contribution in [1.82, 2.24) is 0 Å². The third kappa shape index (κ3) is 65.9. The van der Waals surface area contributed by atoms with Gasteiger partial charge in [0.25, 0.3) is 0 Å². The number of allylic oxidation sites excluding steroid dienone is 10. The van der Waals surface area contributed by atoms with Crippen molar-refractivity contribution >= 4 is 17.9 Å². The van der Waals surface area contributed by atoms with E-state index in [1.807, 2.05) is 0 Å². The van der Waals surface area contributed by atoms with Gasteiger partial charge in [-0.25, -0.2) is 0 Å². The Morgan fingerprint density at radius 1 is 0.263 bits per heavy atom. The van der Waals surface area contributed by atoms with Gasteiger partial charge in [-0.2, -0.15) is 0 Å². The van der Waals surface area contributed by atoms with Crippen LogP contribution >= 0.6 is 0 Å². The Hall–Kier alpha value is -2.89. The van der Waals surface area contributed by atoms with Crippen molar-refractivity contribution in [2.45, 2.75) is 380 Å². The molecule has 6 nitrogen and oxygen atoms in total. The predicted molar refractivity (Wildman–Crippen MR) is 348 cm³/mol. The van der Waals surface area contributed by atoms with E-state index in [4.69, 9.17) is 14.2 Å². The Morgan fingerprint density at radius 2 is 0.487 bits per heavy atom. The summed E-state index contributed by atoms with van der Waals surface area (Å²) >= 11 is 0. The van der Waals surface area contributed by atoms with Crippen molar-refractivity contribution in [3.63, 3.8) is 0 Å². The highest BCUT2D eigenvalue weighted by atomic mass is 16.6. The number of ether oxygens (including phenoxy) is 3. The van der Waals surface area contributed by atoms with Crippen molar-refractivity contribution < 1.29 is 28.6 Å². The summed E-state index contributed by atoms with van der Waals surface area (Å²) in [6.07, 6.45) is 88.7. The third-order valence-corrected chi connectivity index (χ3v) is 15.8. The van der Waals surface area contributed by atoms with Crippen LogP contribution in [0.2, 0.25) is 0 Å². The summed E-state index contributed by atoms with van der Waals surface area (Å²) < 4.78 is 16.8. The summed E-state index contributed by atoms with van der Waals surface area (Å²) in [4.78, 5) is 38.1. The molecule has 0 spiro atoms. The molecule has 0 aromatic heterocycles. The number of carbonyl (C=O) groups is 3. The zero-order valence-electron chi connectivity index (χ0n) is 53.6. The van der Waals surface area contributed by atoms with E-state index in [0.29, 0.717) is 19.3 Å². The predicted octanol–water partition coefficient (Wildman–Crippen LogP) is 24.3. The van der Waals surface area contributed by atoms with Gasteiger partial charge in [0.05, 0.1) is 0 Å². The first-order valence-electron chi connectivity index (χ1n) is 35.3. The lowest BCUT2D eigenvalue weighted by Crippen LogP contribution is -2.30. The first-order valence-corrected chi connectivity index (χ1v) is 35.3. The van der Waals surface area contributed by atoms with E-state index in [1.54, 1.807) is 0 Å². The van der Waals surface area contributed by atoms with Gasteiger partial charge in [-0.15, -0.1) is 0 Å². The van der Waals surface area contributed by atoms with Crippen LogP contribution in [0.25, 0.3) is 0 Å². The van der Waals surface area contributed by atoms with Crippen molar-refractivity contribution in [2.24, 2.45) is 0 Å². The SMILES string of the molecule is CC/C=C\C/C=C\C/C=C\C/C=C\CCCCCCCCCCCCC(=O)OC(COC(=O)CCCCCCCC)COC(=O)CCCCCCCCCCCCCCCCCCCCCCC/C=C\CCCCCCCCCC. The molecule has 1 unspecified atom stereocenters. The first-order chi connectivity index (χ1) is 39.5. The topological polar surface area (TPSA) is 78.9 Å². The zero-order chi connectivity index (χ0) is 57.8. The smallest absolute Gasteiger partial charge is 0.306 e. The van der Waals surface area contributed by atoms with Crippen LogP contribution in [0.15, 0.2) is 60.8 Å². The number of rotatable bonds is 65. The fourth-order valence-electron chi connectivity index (χ4n) is 10.5. The molecular weight excluding hydrogens is 985 g/mol. The van der Waals surface area contributed by atoms with Gasteiger partial charge in [0.15, 0.2) is 6.10 Å². The maximum atomic E-state index is 12.9. The molecule has 0 aromatic rings. The van der Waals surface area contributed by atoms with Crippen LogP contribution in [0.1, 0.15) is 374 Å². The van der Waals surface area contributed by atoms with Gasteiger partial charge in [0.1, 0.15) is 13.2 Å². The Labute approximate surface area is 498 Å². The van der Waals surface area contributed by atoms with E-state index in [-0.39, 0.29) is 31.1 Å². The highest BCUT2D eigenvalue weighted by molar-refractivity contribution is 5.71. The molecule has 0 aromatic carbocycles. The number of unbranched alkanes of at least 4 members (excludes halogenated alkanes) is 44. The Morgan fingerprint density at radius 3 is 0.775 bits per heavy atom. The minimum atomic E-state index is -0.773. The molecule has 80 heavy (non-hydrogen) atoms. The lowest BCUT2D eigenvalue weighted by Gasteiger charge is -2.18. The molecule has 0 amide bonds. The fraction of sp³-hybridized carbons (Fsp3) is 0.824. The number of carbonyl (C=O) groups excluding carboxylic acids is 3. The highest BCUT2D eigenvalue weighted by Gasteiger charge is 2.19. The Kier molecular flexibility index (Phi) is 66.1. The average Bonchev–Trinajstić information content (AvgIpc) is 3.46. The summed E-state index contributed by atoms with van der Waals surface area (Å²) in [7, 11) is 0. The van der Waals surface area contributed by atoms with E-state index in [2.05, 4.69) is 81.5 Å². The van der Waals surface area contributed by atoms with E-state index < -0.39 is 6.10 Å². The second kappa shape index (κ2) is 68.6. The molecule has 0 radical (unpaired) electrons. The van der Waals surface area contributed by atoms with Crippen LogP contribution in [0.3, 0.4) is 0 Å². The lowest BCUT2D eigenvalue weighted by molar-refractivity contribution is -0.167. The molecule has 0 heterocycles. The Balaban J connectivity index is 3.96. The maximum Gasteiger partial charge on any atom is 0.306 e. The van der Waals surface area contributed by atoms with Crippen molar-refractivity contribution in [3.05, 3.63) is 60.8 Å². The van der Waals surface area contributed by atoms with E-state index in [1.165, 1.54) is 250 Å². The average molecular weight is 1120 g/mol. The molecule has 0 saturated carbocycles. The van der Waals surface area contributed by atoms with Crippen LogP contribution in [0.5, 0.6) is 0 Å². The summed E-state index contributed by atoms with van der Waals surface area (Å²) in [5.41, 5.74) is 0. The fourth-order valence-corrected chi connectivity index (χ4v) is 10.5. The molecule has 0 bridgehead atoms. The number of esters is 3. The minimum Gasteiger partial charge on any atom is -0.462 e. The van der Waals surface area contributed by atoms with Crippen LogP contribution in [-0.2, 0) is 28.6 Å². The zero-order valence-corrected chi connectivity index (χ0v) is 53.6. The summed E-state index contributed by atoms with van der Waals surface area (Å²) in [6.45, 7) is 6.52.